The molecule has 1 aromatic rings. The lowest BCUT2D eigenvalue weighted by atomic mass is 9.91. The molecule has 0 bridgehead atoms. The minimum Gasteiger partial charge on any atom is -0.461 e. The summed E-state index contributed by atoms with van der Waals surface area (Å²) in [6, 6.07) is 7.36. The average Bonchev–Trinajstić information content (AvgIpc) is 2.71. The van der Waals surface area contributed by atoms with E-state index in [-0.39, 0.29) is 12.6 Å². The van der Waals surface area contributed by atoms with Gasteiger partial charge in [0.1, 0.15) is 12.1 Å². The number of hydrogen-bond acceptors (Lipinski definition) is 5. The molecule has 3 N–H and O–H groups in total. The van der Waals surface area contributed by atoms with E-state index in [9.17, 15) is 9.90 Å². The summed E-state index contributed by atoms with van der Waals surface area (Å²) in [6.07, 6.45) is -1.37. The van der Waals surface area contributed by atoms with Gasteiger partial charge in [-0.05, 0) is 47.2 Å². The molecule has 1 heterocycles. The Balaban J connectivity index is 2.02. The van der Waals surface area contributed by atoms with E-state index in [4.69, 9.17) is 9.84 Å². The van der Waals surface area contributed by atoms with E-state index in [1.807, 2.05) is 24.3 Å². The second kappa shape index (κ2) is 6.84. The van der Waals surface area contributed by atoms with Crippen molar-refractivity contribution in [1.29, 1.82) is 0 Å². The molecular weight excluding hydrogens is 373 g/mol. The number of halogens is 1. The Morgan fingerprint density at radius 3 is 2.65 bits per heavy atom. The monoisotopic (exact) mass is 391 g/mol. The topological polar surface area (TPSA) is 78.8 Å². The van der Waals surface area contributed by atoms with Gasteiger partial charge in [0.05, 0.1) is 18.6 Å². The maximum Gasteiger partial charge on any atom is 0.323 e. The van der Waals surface area contributed by atoms with Crippen LogP contribution in [0.5, 0.6) is 0 Å². The molecule has 1 fully saturated rings. The van der Waals surface area contributed by atoms with Crippen molar-refractivity contribution in [3.05, 3.63) is 33.4 Å². The zero-order valence-corrected chi connectivity index (χ0v) is 13.3. The number of aliphatic hydroxyl groups excluding tert-OH is 2. The number of hydrogen-bond donors (Lipinski definition) is 3. The highest BCUT2D eigenvalue weighted by Crippen LogP contribution is 2.26. The molecule has 0 saturated carbocycles. The fraction of sp³-hybridized carbons (Fsp3) is 0.500. The second-order valence-electron chi connectivity index (χ2n) is 4.95. The van der Waals surface area contributed by atoms with Gasteiger partial charge in [-0.1, -0.05) is 12.1 Å². The summed E-state index contributed by atoms with van der Waals surface area (Å²) < 4.78 is 6.29. The first-order chi connectivity index (χ1) is 9.52. The van der Waals surface area contributed by atoms with Crippen molar-refractivity contribution < 1.29 is 19.7 Å². The van der Waals surface area contributed by atoms with Crippen molar-refractivity contribution in [2.24, 2.45) is 5.92 Å². The number of aliphatic hydroxyl groups is 2. The predicted octanol–water partition coefficient (Wildman–Crippen LogP) is 0.664. The number of nitrogens with one attached hydrogen (secondary N) is 1. The molecule has 0 unspecified atom stereocenters. The largest absolute Gasteiger partial charge is 0.461 e. The zero-order valence-electron chi connectivity index (χ0n) is 11.1. The van der Waals surface area contributed by atoms with E-state index in [0.717, 1.165) is 9.13 Å². The predicted molar refractivity (Wildman–Crippen MR) is 81.9 cm³/mol. The standard InChI is InChI=1S/C14H18INO4/c1-8-12(11(18)7-17)13(14(19)20-8)16-6-9-2-4-10(15)5-3-9/h2-5,8,11-13,16-18H,6-7H2,1H3/t8-,11-,12+,13-/m0/s1. The van der Waals surface area contributed by atoms with Crippen molar-refractivity contribution in [2.45, 2.75) is 31.7 Å². The summed E-state index contributed by atoms with van der Waals surface area (Å²) in [6.45, 7) is 1.86. The summed E-state index contributed by atoms with van der Waals surface area (Å²) in [7, 11) is 0. The van der Waals surface area contributed by atoms with Crippen LogP contribution in [0.15, 0.2) is 24.3 Å². The van der Waals surface area contributed by atoms with Gasteiger partial charge in [-0.3, -0.25) is 10.1 Å². The van der Waals surface area contributed by atoms with Crippen LogP contribution in [0.4, 0.5) is 0 Å². The number of rotatable bonds is 5. The summed E-state index contributed by atoms with van der Waals surface area (Å²) >= 11 is 2.23. The number of carbonyl (C=O) groups is 1. The zero-order chi connectivity index (χ0) is 14.7. The molecule has 0 aromatic heterocycles. The Hall–Kier alpha value is -0.700. The van der Waals surface area contributed by atoms with Crippen LogP contribution in [0.2, 0.25) is 0 Å². The van der Waals surface area contributed by atoms with Gasteiger partial charge in [-0.2, -0.15) is 0 Å². The average molecular weight is 391 g/mol. The van der Waals surface area contributed by atoms with Gasteiger partial charge in [0.15, 0.2) is 0 Å². The molecule has 0 radical (unpaired) electrons. The van der Waals surface area contributed by atoms with E-state index in [2.05, 4.69) is 27.9 Å². The molecule has 1 aromatic carbocycles. The molecule has 0 aliphatic carbocycles. The maximum absolute atomic E-state index is 11.8. The lowest BCUT2D eigenvalue weighted by molar-refractivity contribution is -0.142. The van der Waals surface area contributed by atoms with Crippen molar-refractivity contribution in [2.75, 3.05) is 6.61 Å². The van der Waals surface area contributed by atoms with Gasteiger partial charge in [0.25, 0.3) is 0 Å². The van der Waals surface area contributed by atoms with Crippen LogP contribution in [0.25, 0.3) is 0 Å². The second-order valence-corrected chi connectivity index (χ2v) is 6.20. The van der Waals surface area contributed by atoms with E-state index < -0.39 is 24.2 Å². The first-order valence-electron chi connectivity index (χ1n) is 6.50. The molecule has 1 aliphatic rings. The molecule has 1 saturated heterocycles. The summed E-state index contributed by atoms with van der Waals surface area (Å²) in [5.74, 6) is -0.808. The van der Waals surface area contributed by atoms with E-state index in [1.54, 1.807) is 6.92 Å². The van der Waals surface area contributed by atoms with Gasteiger partial charge in [-0.25, -0.2) is 0 Å². The van der Waals surface area contributed by atoms with Gasteiger partial charge >= 0.3 is 5.97 Å². The normalized spacial score (nSPS) is 27.4. The van der Waals surface area contributed by atoms with Crippen molar-refractivity contribution in [1.82, 2.24) is 5.32 Å². The Morgan fingerprint density at radius 1 is 1.40 bits per heavy atom. The molecule has 6 heteroatoms. The van der Waals surface area contributed by atoms with Crippen LogP contribution in [-0.4, -0.2) is 41.0 Å². The van der Waals surface area contributed by atoms with Crippen LogP contribution in [0.1, 0.15) is 12.5 Å². The fourth-order valence-electron chi connectivity index (χ4n) is 2.47. The molecule has 5 nitrogen and oxygen atoms in total. The molecule has 1 aliphatic heterocycles. The van der Waals surface area contributed by atoms with Crippen molar-refractivity contribution >= 4 is 28.6 Å². The smallest absolute Gasteiger partial charge is 0.323 e. The van der Waals surface area contributed by atoms with E-state index >= 15 is 0 Å². The lowest BCUT2D eigenvalue weighted by Gasteiger charge is -2.23. The van der Waals surface area contributed by atoms with Crippen molar-refractivity contribution in [3.63, 3.8) is 0 Å². The summed E-state index contributed by atoms with van der Waals surface area (Å²) in [4.78, 5) is 11.8. The molecule has 0 spiro atoms. The van der Waals surface area contributed by atoms with Crippen LogP contribution in [0.3, 0.4) is 0 Å². The lowest BCUT2D eigenvalue weighted by Crippen LogP contribution is -2.45. The third kappa shape index (κ3) is 3.49. The quantitative estimate of drug-likeness (QED) is 0.508. The molecule has 20 heavy (non-hydrogen) atoms. The number of benzene rings is 1. The van der Waals surface area contributed by atoms with Crippen LogP contribution in [-0.2, 0) is 16.1 Å². The Labute approximate surface area is 131 Å². The fourth-order valence-corrected chi connectivity index (χ4v) is 2.83. The van der Waals surface area contributed by atoms with E-state index in [0.29, 0.717) is 6.54 Å². The number of cyclic esters (lactones) is 1. The number of esters is 1. The highest BCUT2D eigenvalue weighted by Gasteiger charge is 2.45. The van der Waals surface area contributed by atoms with Gasteiger partial charge in [0.2, 0.25) is 0 Å². The Bertz CT molecular complexity index is 465. The van der Waals surface area contributed by atoms with Crippen molar-refractivity contribution in [3.8, 4) is 0 Å². The minimum absolute atomic E-state index is 0.375. The molecule has 4 atom stereocenters. The van der Waals surface area contributed by atoms with Crippen LogP contribution < -0.4 is 5.32 Å². The maximum atomic E-state index is 11.8. The highest BCUT2D eigenvalue weighted by molar-refractivity contribution is 14.1. The first kappa shape index (κ1) is 15.7. The SMILES string of the molecule is C[C@@H]1OC(=O)[C@@H](NCc2ccc(I)cc2)[C@H]1[C@@H](O)CO. The highest BCUT2D eigenvalue weighted by atomic mass is 127. The van der Waals surface area contributed by atoms with Gasteiger partial charge < -0.3 is 14.9 Å². The van der Waals surface area contributed by atoms with Gasteiger partial charge in [-0.15, -0.1) is 0 Å². The minimum atomic E-state index is -0.967. The van der Waals surface area contributed by atoms with E-state index in [1.165, 1.54) is 0 Å². The molecular formula is C14H18INO4. The number of ether oxygens (including phenoxy) is 1. The van der Waals surface area contributed by atoms with Gasteiger partial charge in [0, 0.05) is 10.1 Å². The molecule has 110 valence electrons. The Kier molecular flexibility index (Phi) is 5.36. The molecule has 0 amide bonds. The third-order valence-corrected chi connectivity index (χ3v) is 4.27. The number of carbonyl (C=O) groups excluding carboxylic acids is 1. The molecule has 2 rings (SSSR count). The van der Waals surface area contributed by atoms with Crippen LogP contribution >= 0.6 is 22.6 Å². The Morgan fingerprint density at radius 2 is 2.05 bits per heavy atom. The van der Waals surface area contributed by atoms with Crippen LogP contribution in [0, 0.1) is 9.49 Å². The third-order valence-electron chi connectivity index (χ3n) is 3.55. The summed E-state index contributed by atoms with van der Waals surface area (Å²) in [5.41, 5.74) is 1.05. The first-order valence-corrected chi connectivity index (χ1v) is 7.58. The summed E-state index contributed by atoms with van der Waals surface area (Å²) in [5, 5.41) is 22.0.